The maximum Gasteiger partial charge on any atom is 0.116 e. The molecule has 2 nitrogen and oxygen atoms in total. The molecule has 0 aliphatic rings. The van der Waals surface area contributed by atoms with Crippen molar-refractivity contribution in [1.29, 1.82) is 0 Å². The van der Waals surface area contributed by atoms with Crippen molar-refractivity contribution >= 4 is 32.3 Å². The largest absolute Gasteiger partial charge is 0.379 e. The lowest BCUT2D eigenvalue weighted by atomic mass is 11.4. The van der Waals surface area contributed by atoms with Gasteiger partial charge < -0.3 is 5.11 Å². The second kappa shape index (κ2) is 3.08. The molecule has 0 aromatic rings. The summed E-state index contributed by atoms with van der Waals surface area (Å²) in [7, 11) is 0. The lowest BCUT2D eigenvalue weighted by molar-refractivity contribution is 0.256. The molecule has 4 heteroatoms. The van der Waals surface area contributed by atoms with Gasteiger partial charge in [-0.15, -0.1) is 0 Å². The molecule has 0 saturated heterocycles. The second-order valence-electron chi connectivity index (χ2n) is 0.444. The fraction of sp³-hybridized carbons (Fsp3) is 1.00. The molecule has 0 amide bonds. The van der Waals surface area contributed by atoms with E-state index in [0.717, 1.165) is 0 Å². The van der Waals surface area contributed by atoms with Gasteiger partial charge in [-0.3, -0.25) is 0 Å². The zero-order chi connectivity index (χ0) is 4.28. The number of aliphatic hydroxyl groups is 1. The van der Waals surface area contributed by atoms with Gasteiger partial charge in [-0.1, -0.05) is 0 Å². The third-order valence-electron chi connectivity index (χ3n) is 0.107. The molecule has 0 unspecified atom stereocenters. The third kappa shape index (κ3) is 4.88. The summed E-state index contributed by atoms with van der Waals surface area (Å²) < 4.78 is 1.31. The number of halogens is 2. The summed E-state index contributed by atoms with van der Waals surface area (Å²) in [6.45, 7) is -0.0278. The van der Waals surface area contributed by atoms with Gasteiger partial charge in [-0.2, -0.15) is 2.95 Å². The molecule has 1 N–H and O–H groups in total. The Bertz CT molecular complexity index is 23.6. The van der Waals surface area contributed by atoms with Gasteiger partial charge in [0.25, 0.3) is 0 Å². The van der Waals surface area contributed by atoms with Gasteiger partial charge >= 0.3 is 0 Å². The molecule has 0 heterocycles. The van der Waals surface area contributed by atoms with Gasteiger partial charge in [0, 0.05) is 32.3 Å². The fourth-order valence-corrected chi connectivity index (χ4v) is 0. The number of aliphatic hydroxyl groups excluding tert-OH is 1. The first-order valence-electron chi connectivity index (χ1n) is 0.971. The second-order valence-corrected chi connectivity index (χ2v) is 3.11. The van der Waals surface area contributed by atoms with Crippen LogP contribution in [0.25, 0.3) is 0 Å². The molecule has 0 rings (SSSR count). The monoisotopic (exact) mass is 203 g/mol. The standard InChI is InChI=1S/CH3Br2NO/c2-4(3)1-5/h5H,1H2. The Hall–Kier alpha value is 0.880. The lowest BCUT2D eigenvalue weighted by Crippen LogP contribution is -1.93. The van der Waals surface area contributed by atoms with E-state index < -0.39 is 0 Å². The summed E-state index contributed by atoms with van der Waals surface area (Å²) in [6.07, 6.45) is 0. The predicted octanol–water partition coefficient (Wildman–Crippen LogP) is 0.858. The number of rotatable bonds is 1. The van der Waals surface area contributed by atoms with E-state index in [2.05, 4.69) is 32.3 Å². The summed E-state index contributed by atoms with van der Waals surface area (Å²) in [5, 5.41) is 7.98. The van der Waals surface area contributed by atoms with Gasteiger partial charge in [0.2, 0.25) is 0 Å². The van der Waals surface area contributed by atoms with Gasteiger partial charge in [0.15, 0.2) is 0 Å². The summed E-state index contributed by atoms with van der Waals surface area (Å²) in [5.41, 5.74) is 0. The van der Waals surface area contributed by atoms with Crippen LogP contribution in [0.3, 0.4) is 0 Å². The molecule has 0 aliphatic carbocycles. The Kier molecular flexibility index (Phi) is 3.63. The van der Waals surface area contributed by atoms with E-state index >= 15 is 0 Å². The van der Waals surface area contributed by atoms with Gasteiger partial charge in [0.05, 0.1) is 0 Å². The first-order valence-corrected chi connectivity index (χ1v) is 2.39. The zero-order valence-corrected chi connectivity index (χ0v) is 5.53. The normalized spacial score (nSPS) is 9.60. The highest BCUT2D eigenvalue weighted by Crippen LogP contribution is 1.99. The predicted molar refractivity (Wildman–Crippen MR) is 26.8 cm³/mol. The Labute approximate surface area is 47.4 Å². The van der Waals surface area contributed by atoms with Crippen molar-refractivity contribution in [2.45, 2.75) is 0 Å². The van der Waals surface area contributed by atoms with Crippen LogP contribution in [0.5, 0.6) is 0 Å². The molecule has 5 heavy (non-hydrogen) atoms. The summed E-state index contributed by atoms with van der Waals surface area (Å²) >= 11 is 5.75. The molecular formula is CH3Br2NO. The van der Waals surface area contributed by atoms with Crippen LogP contribution in [-0.2, 0) is 0 Å². The minimum Gasteiger partial charge on any atom is -0.379 e. The molecular weight excluding hydrogens is 202 g/mol. The summed E-state index contributed by atoms with van der Waals surface area (Å²) in [4.78, 5) is 0. The SMILES string of the molecule is OCN(Br)Br. The molecule has 32 valence electrons. The highest BCUT2D eigenvalue weighted by Gasteiger charge is 1.80. The number of hydrogen-bond acceptors (Lipinski definition) is 2. The Morgan fingerprint density at radius 1 is 1.60 bits per heavy atom. The maximum atomic E-state index is 7.98. The van der Waals surface area contributed by atoms with Crippen LogP contribution in [0.4, 0.5) is 0 Å². The van der Waals surface area contributed by atoms with Crippen molar-refractivity contribution in [1.82, 2.24) is 2.95 Å². The van der Waals surface area contributed by atoms with Gasteiger partial charge in [-0.25, -0.2) is 0 Å². The van der Waals surface area contributed by atoms with E-state index in [1.165, 1.54) is 2.95 Å². The molecule has 0 saturated carbocycles. The quantitative estimate of drug-likeness (QED) is 0.506. The van der Waals surface area contributed by atoms with E-state index in [0.29, 0.717) is 0 Å². The first kappa shape index (κ1) is 5.88. The van der Waals surface area contributed by atoms with Crippen LogP contribution in [-0.4, -0.2) is 14.8 Å². The molecule has 0 radical (unpaired) electrons. The molecule has 0 aromatic heterocycles. The van der Waals surface area contributed by atoms with E-state index in [1.54, 1.807) is 0 Å². The maximum absolute atomic E-state index is 7.98. The number of nitrogens with zero attached hydrogens (tertiary/aromatic N) is 1. The van der Waals surface area contributed by atoms with Crippen LogP contribution in [0.2, 0.25) is 0 Å². The highest BCUT2D eigenvalue weighted by molar-refractivity contribution is 9.21. The molecule has 0 aliphatic heterocycles. The Morgan fingerprint density at radius 2 is 1.80 bits per heavy atom. The average Bonchev–Trinajstić information content (AvgIpc) is 1.38. The molecule has 0 bridgehead atoms. The van der Waals surface area contributed by atoms with Crippen molar-refractivity contribution in [3.05, 3.63) is 0 Å². The van der Waals surface area contributed by atoms with Crippen molar-refractivity contribution in [3.8, 4) is 0 Å². The van der Waals surface area contributed by atoms with E-state index in [9.17, 15) is 0 Å². The lowest BCUT2D eigenvalue weighted by Gasteiger charge is -1.91. The van der Waals surface area contributed by atoms with Crippen LogP contribution >= 0.6 is 32.3 Å². The van der Waals surface area contributed by atoms with E-state index in [-0.39, 0.29) is 6.73 Å². The summed E-state index contributed by atoms with van der Waals surface area (Å²) in [6, 6.07) is 0. The zero-order valence-electron chi connectivity index (χ0n) is 2.36. The smallest absolute Gasteiger partial charge is 0.116 e. The van der Waals surface area contributed by atoms with Crippen molar-refractivity contribution in [3.63, 3.8) is 0 Å². The molecule has 0 spiro atoms. The molecule has 0 aromatic carbocycles. The van der Waals surface area contributed by atoms with Crippen LogP contribution in [0.15, 0.2) is 0 Å². The van der Waals surface area contributed by atoms with Crippen LogP contribution in [0.1, 0.15) is 0 Å². The highest BCUT2D eigenvalue weighted by atomic mass is 79.9. The summed E-state index contributed by atoms with van der Waals surface area (Å²) in [5.74, 6) is 0. The van der Waals surface area contributed by atoms with Crippen molar-refractivity contribution < 1.29 is 5.11 Å². The number of hydrogen-bond donors (Lipinski definition) is 1. The van der Waals surface area contributed by atoms with Crippen LogP contribution in [0, 0.1) is 0 Å². The first-order chi connectivity index (χ1) is 2.27. The van der Waals surface area contributed by atoms with Gasteiger partial charge in [-0.05, 0) is 0 Å². The fourth-order valence-electron chi connectivity index (χ4n) is 0. The average molecular weight is 205 g/mol. The van der Waals surface area contributed by atoms with Crippen molar-refractivity contribution in [2.24, 2.45) is 0 Å². The molecule has 0 atom stereocenters. The van der Waals surface area contributed by atoms with E-state index in [4.69, 9.17) is 5.11 Å². The topological polar surface area (TPSA) is 23.5 Å². The third-order valence-corrected chi connectivity index (χ3v) is 0.555. The minimum atomic E-state index is -0.0278. The van der Waals surface area contributed by atoms with E-state index in [1.807, 2.05) is 0 Å². The molecule has 0 fully saturated rings. The Balaban J connectivity index is 2.54. The van der Waals surface area contributed by atoms with Crippen molar-refractivity contribution in [2.75, 3.05) is 6.73 Å². The minimum absolute atomic E-state index is 0.0278. The van der Waals surface area contributed by atoms with Crippen LogP contribution < -0.4 is 0 Å². The van der Waals surface area contributed by atoms with Gasteiger partial charge in [0.1, 0.15) is 6.73 Å². The Morgan fingerprint density at radius 3 is 1.80 bits per heavy atom.